The van der Waals surface area contributed by atoms with E-state index in [2.05, 4.69) is 55.1 Å². The molecule has 0 atom stereocenters. The molecule has 0 fully saturated rings. The summed E-state index contributed by atoms with van der Waals surface area (Å²) >= 11 is 10.4. The van der Waals surface area contributed by atoms with E-state index in [4.69, 9.17) is 11.6 Å². The second-order valence-corrected chi connectivity index (χ2v) is 7.88. The van der Waals surface area contributed by atoms with Gasteiger partial charge in [0.2, 0.25) is 0 Å². The average Bonchev–Trinajstić information content (AvgIpc) is 2.55. The van der Waals surface area contributed by atoms with Crippen LogP contribution in [0.3, 0.4) is 0 Å². The molecule has 2 heterocycles. The molecule has 0 aliphatic carbocycles. The Bertz CT molecular complexity index is 1080. The molecule has 0 saturated heterocycles. The van der Waals surface area contributed by atoms with Crippen molar-refractivity contribution in [3.05, 3.63) is 83.3 Å². The van der Waals surface area contributed by atoms with Crippen molar-refractivity contribution in [1.82, 2.24) is 9.97 Å². The maximum Gasteiger partial charge on any atom is 0.189 e. The summed E-state index contributed by atoms with van der Waals surface area (Å²) < 4.78 is 2.30. The Balaban J connectivity index is 0.000000173. The lowest BCUT2D eigenvalue weighted by atomic mass is 10.2. The lowest BCUT2D eigenvalue weighted by molar-refractivity contribution is 1.39. The van der Waals surface area contributed by atoms with Crippen LogP contribution in [-0.4, -0.2) is 9.97 Å². The highest BCUT2D eigenvalue weighted by Gasteiger charge is 1.98. The third-order valence-electron chi connectivity index (χ3n) is 3.37. The van der Waals surface area contributed by atoms with Crippen LogP contribution >= 0.6 is 56.8 Å². The van der Waals surface area contributed by atoms with E-state index in [9.17, 15) is 4.79 Å². The molecule has 0 radical (unpaired) electrons. The van der Waals surface area contributed by atoms with Gasteiger partial charge in [0.15, 0.2) is 5.43 Å². The molecule has 2 aromatic heterocycles. The molecule has 0 bridgehead atoms. The Morgan fingerprint density at radius 2 is 1.60 bits per heavy atom. The standard InChI is InChI=1S/C9H5ClIN.C9H6INO.CH4/c10-8-3-4-12-9-5-6(11)1-2-7(8)9;10-6-1-2-7-8(5-6)11-4-3-9(7)12;/h1-5H;1-5H,(H,11,12);1H4. The first-order valence-corrected chi connectivity index (χ1v) is 9.55. The minimum Gasteiger partial charge on any atom is -0.361 e. The van der Waals surface area contributed by atoms with Crippen molar-refractivity contribution >= 4 is 78.6 Å². The number of nitrogens with zero attached hydrogens (tertiary/aromatic N) is 1. The number of halogens is 3. The predicted molar refractivity (Wildman–Crippen MR) is 123 cm³/mol. The van der Waals surface area contributed by atoms with Crippen LogP contribution in [0.1, 0.15) is 7.43 Å². The van der Waals surface area contributed by atoms with Gasteiger partial charge in [-0.25, -0.2) is 0 Å². The molecule has 0 spiro atoms. The van der Waals surface area contributed by atoms with Crippen molar-refractivity contribution in [2.75, 3.05) is 0 Å². The van der Waals surface area contributed by atoms with Gasteiger partial charge in [-0.15, -0.1) is 0 Å². The van der Waals surface area contributed by atoms with Gasteiger partial charge >= 0.3 is 0 Å². The quantitative estimate of drug-likeness (QED) is 0.251. The van der Waals surface area contributed by atoms with Crippen molar-refractivity contribution < 1.29 is 0 Å². The highest BCUT2D eigenvalue weighted by atomic mass is 127. The highest BCUT2D eigenvalue weighted by molar-refractivity contribution is 14.1. The molecule has 0 aliphatic heterocycles. The van der Waals surface area contributed by atoms with Crippen LogP contribution < -0.4 is 5.43 Å². The molecular formula is C19H15ClI2N2O. The van der Waals surface area contributed by atoms with E-state index in [-0.39, 0.29) is 12.9 Å². The molecule has 2 aromatic carbocycles. The Labute approximate surface area is 178 Å². The first-order chi connectivity index (χ1) is 11.5. The third kappa shape index (κ3) is 4.92. The molecule has 25 heavy (non-hydrogen) atoms. The fourth-order valence-corrected chi connectivity index (χ4v) is 3.42. The number of pyridine rings is 2. The van der Waals surface area contributed by atoms with Crippen LogP contribution in [-0.2, 0) is 0 Å². The second kappa shape index (κ2) is 8.95. The molecule has 0 aliphatic rings. The SMILES string of the molecule is C.Clc1ccnc2cc(I)ccc12.O=c1cc[nH]c2cc(I)ccc12. The van der Waals surface area contributed by atoms with Gasteiger partial charge in [-0.3, -0.25) is 9.78 Å². The fraction of sp³-hybridized carbons (Fsp3) is 0.0526. The zero-order chi connectivity index (χ0) is 17.1. The van der Waals surface area contributed by atoms with E-state index >= 15 is 0 Å². The summed E-state index contributed by atoms with van der Waals surface area (Å²) in [4.78, 5) is 18.5. The van der Waals surface area contributed by atoms with E-state index in [1.165, 1.54) is 9.64 Å². The Morgan fingerprint density at radius 3 is 2.36 bits per heavy atom. The average molecular weight is 577 g/mol. The monoisotopic (exact) mass is 576 g/mol. The Hall–Kier alpha value is -1.19. The number of nitrogens with one attached hydrogen (secondary N) is 1. The summed E-state index contributed by atoms with van der Waals surface area (Å²) in [6.45, 7) is 0. The lowest BCUT2D eigenvalue weighted by Crippen LogP contribution is -1.99. The van der Waals surface area contributed by atoms with Gasteiger partial charge in [-0.1, -0.05) is 25.1 Å². The Kier molecular flexibility index (Phi) is 7.21. The lowest BCUT2D eigenvalue weighted by Gasteiger charge is -1.98. The van der Waals surface area contributed by atoms with Crippen molar-refractivity contribution in [2.24, 2.45) is 0 Å². The number of H-pyrrole nitrogens is 1. The first-order valence-electron chi connectivity index (χ1n) is 7.01. The summed E-state index contributed by atoms with van der Waals surface area (Å²) in [5.41, 5.74) is 1.92. The number of aromatic nitrogens is 2. The van der Waals surface area contributed by atoms with Gasteiger partial charge in [-0.05, 0) is 81.6 Å². The zero-order valence-electron chi connectivity index (χ0n) is 12.3. The van der Waals surface area contributed by atoms with E-state index < -0.39 is 0 Å². The van der Waals surface area contributed by atoms with Crippen molar-refractivity contribution in [3.8, 4) is 0 Å². The maximum absolute atomic E-state index is 11.3. The number of hydrogen-bond donors (Lipinski definition) is 1. The maximum atomic E-state index is 11.3. The second-order valence-electron chi connectivity index (χ2n) is 4.99. The van der Waals surface area contributed by atoms with E-state index in [0.717, 1.165) is 30.4 Å². The van der Waals surface area contributed by atoms with Crippen molar-refractivity contribution in [2.45, 2.75) is 7.43 Å². The van der Waals surface area contributed by atoms with E-state index in [1.54, 1.807) is 18.5 Å². The number of rotatable bonds is 0. The van der Waals surface area contributed by atoms with E-state index in [0.29, 0.717) is 0 Å². The van der Waals surface area contributed by atoms with Crippen LogP contribution in [0, 0.1) is 7.14 Å². The number of fused-ring (bicyclic) bond motifs is 2. The minimum atomic E-state index is 0. The number of aromatic amines is 1. The van der Waals surface area contributed by atoms with Crippen molar-refractivity contribution in [1.29, 1.82) is 0 Å². The van der Waals surface area contributed by atoms with Gasteiger partial charge < -0.3 is 4.98 Å². The van der Waals surface area contributed by atoms with Crippen molar-refractivity contribution in [3.63, 3.8) is 0 Å². The molecule has 1 N–H and O–H groups in total. The summed E-state index contributed by atoms with van der Waals surface area (Å²) in [5.74, 6) is 0. The van der Waals surface area contributed by atoms with Gasteiger partial charge in [0.1, 0.15) is 0 Å². The number of hydrogen-bond acceptors (Lipinski definition) is 2. The highest BCUT2D eigenvalue weighted by Crippen LogP contribution is 2.22. The minimum absolute atomic E-state index is 0. The van der Waals surface area contributed by atoms with Crippen LogP contribution in [0.5, 0.6) is 0 Å². The molecule has 0 amide bonds. The predicted octanol–water partition coefficient (Wildman–Crippen LogP) is 6.26. The van der Waals surface area contributed by atoms with Crippen LogP contribution in [0.2, 0.25) is 5.02 Å². The Morgan fingerprint density at radius 1 is 0.920 bits per heavy atom. The third-order valence-corrected chi connectivity index (χ3v) is 5.04. The smallest absolute Gasteiger partial charge is 0.189 e. The zero-order valence-corrected chi connectivity index (χ0v) is 17.3. The van der Waals surface area contributed by atoms with Crippen LogP contribution in [0.15, 0.2) is 65.7 Å². The largest absolute Gasteiger partial charge is 0.361 e. The summed E-state index contributed by atoms with van der Waals surface area (Å²) in [5, 5.41) is 2.52. The molecule has 4 rings (SSSR count). The molecule has 4 aromatic rings. The molecule has 3 nitrogen and oxygen atoms in total. The topological polar surface area (TPSA) is 45.8 Å². The molecular weight excluding hydrogens is 561 g/mol. The molecule has 0 unspecified atom stereocenters. The van der Waals surface area contributed by atoms with Gasteiger partial charge in [-0.2, -0.15) is 0 Å². The van der Waals surface area contributed by atoms with Gasteiger partial charge in [0, 0.05) is 36.4 Å². The normalized spacial score (nSPS) is 10.0. The molecule has 128 valence electrons. The summed E-state index contributed by atoms with van der Waals surface area (Å²) in [7, 11) is 0. The van der Waals surface area contributed by atoms with E-state index in [1.807, 2.05) is 36.4 Å². The molecule has 6 heteroatoms. The van der Waals surface area contributed by atoms with Crippen LogP contribution in [0.25, 0.3) is 21.8 Å². The first kappa shape index (κ1) is 20.1. The number of benzene rings is 2. The fourth-order valence-electron chi connectivity index (χ4n) is 2.23. The van der Waals surface area contributed by atoms with Gasteiger partial charge in [0.25, 0.3) is 0 Å². The molecule has 0 saturated carbocycles. The summed E-state index contributed by atoms with van der Waals surface area (Å²) in [6.07, 6.45) is 3.39. The summed E-state index contributed by atoms with van der Waals surface area (Å²) in [6, 6.07) is 15.1. The van der Waals surface area contributed by atoms with Gasteiger partial charge in [0.05, 0.1) is 16.1 Å². The van der Waals surface area contributed by atoms with Crippen LogP contribution in [0.4, 0.5) is 0 Å².